The van der Waals surface area contributed by atoms with Crippen LogP contribution in [-0.4, -0.2) is 22.0 Å². The molecule has 0 radical (unpaired) electrons. The Balaban J connectivity index is 1.93. The maximum atomic E-state index is 13.5. The van der Waals surface area contributed by atoms with Crippen LogP contribution >= 0.6 is 0 Å². The van der Waals surface area contributed by atoms with Gasteiger partial charge in [0.2, 0.25) is 0 Å². The molecule has 29 heavy (non-hydrogen) atoms. The highest BCUT2D eigenvalue weighted by Gasteiger charge is 2.48. The number of rotatable bonds is 3. The van der Waals surface area contributed by atoms with Crippen LogP contribution in [0.1, 0.15) is 28.5 Å². The lowest BCUT2D eigenvalue weighted by Crippen LogP contribution is -2.29. The number of amides is 1. The van der Waals surface area contributed by atoms with Gasteiger partial charge >= 0.3 is 5.91 Å². The molecule has 1 aliphatic rings. The van der Waals surface area contributed by atoms with E-state index in [2.05, 4.69) is 5.16 Å². The number of carbonyl (C=O) groups is 2. The Kier molecular flexibility index (Phi) is 4.50. The molecule has 1 atom stereocenters. The first kappa shape index (κ1) is 18.6. The minimum Gasteiger partial charge on any atom is -0.507 e. The van der Waals surface area contributed by atoms with Gasteiger partial charge in [-0.3, -0.25) is 14.5 Å². The van der Waals surface area contributed by atoms with Gasteiger partial charge in [0.25, 0.3) is 5.78 Å². The molecule has 1 N–H and O–H groups in total. The molecule has 3 aromatic rings. The van der Waals surface area contributed by atoms with Gasteiger partial charge < -0.3 is 9.63 Å². The fraction of sp³-hybridized carbons (Fsp3) is 0.136. The highest BCUT2D eigenvalue weighted by Crippen LogP contribution is 2.41. The second kappa shape index (κ2) is 7.01. The summed E-state index contributed by atoms with van der Waals surface area (Å²) in [5.74, 6) is -1.86. The smallest absolute Gasteiger partial charge is 0.301 e. The fourth-order valence-corrected chi connectivity index (χ4v) is 3.36. The first-order chi connectivity index (χ1) is 13.9. The topological polar surface area (TPSA) is 83.6 Å². The summed E-state index contributed by atoms with van der Waals surface area (Å²) in [6.07, 6.45) is 0. The first-order valence-electron chi connectivity index (χ1n) is 8.93. The molecular formula is C22H17FN2O4. The Morgan fingerprint density at radius 3 is 2.31 bits per heavy atom. The Morgan fingerprint density at radius 2 is 1.72 bits per heavy atom. The van der Waals surface area contributed by atoms with Crippen molar-refractivity contribution in [1.29, 1.82) is 0 Å². The van der Waals surface area contributed by atoms with E-state index in [4.69, 9.17) is 4.52 Å². The average molecular weight is 392 g/mol. The zero-order chi connectivity index (χ0) is 20.7. The third-order valence-electron chi connectivity index (χ3n) is 4.82. The van der Waals surface area contributed by atoms with Crippen LogP contribution in [0.4, 0.5) is 10.2 Å². The molecule has 1 fully saturated rings. The molecule has 0 saturated carbocycles. The number of halogens is 1. The third kappa shape index (κ3) is 3.20. The predicted octanol–water partition coefficient (Wildman–Crippen LogP) is 4.06. The first-order valence-corrected chi connectivity index (χ1v) is 8.93. The number of aryl methyl sites for hydroxylation is 2. The Bertz CT molecular complexity index is 1130. The fourth-order valence-electron chi connectivity index (χ4n) is 3.36. The summed E-state index contributed by atoms with van der Waals surface area (Å²) in [5.41, 5.74) is 1.75. The van der Waals surface area contributed by atoms with Gasteiger partial charge in [-0.1, -0.05) is 47.1 Å². The summed E-state index contributed by atoms with van der Waals surface area (Å²) in [4.78, 5) is 26.9. The van der Waals surface area contributed by atoms with Crippen molar-refractivity contribution in [3.63, 3.8) is 0 Å². The average Bonchev–Trinajstić information content (AvgIpc) is 3.24. The van der Waals surface area contributed by atoms with Gasteiger partial charge in [-0.2, -0.15) is 0 Å². The molecular weight excluding hydrogens is 375 g/mol. The van der Waals surface area contributed by atoms with Crippen LogP contribution in [0.15, 0.2) is 64.7 Å². The van der Waals surface area contributed by atoms with Crippen LogP contribution in [0, 0.1) is 19.7 Å². The molecule has 0 bridgehead atoms. The SMILES string of the molecule is Cc1ccc(/C(O)=C2\C(=O)C(=O)N(c3cc(C)on3)[C@H]2c2ccc(F)cc2)cc1. The predicted molar refractivity (Wildman–Crippen MR) is 104 cm³/mol. The van der Waals surface area contributed by atoms with Crippen molar-refractivity contribution in [3.05, 3.63) is 88.4 Å². The number of aromatic nitrogens is 1. The van der Waals surface area contributed by atoms with E-state index in [0.29, 0.717) is 16.9 Å². The molecule has 1 saturated heterocycles. The standard InChI is InChI=1S/C22H17FN2O4/c1-12-3-5-15(6-4-12)20(26)18-19(14-7-9-16(23)10-8-14)25(22(28)21(18)27)17-11-13(2)29-24-17/h3-11,19,26H,1-2H3/b20-18+/t19-/m0/s1. The van der Waals surface area contributed by atoms with Crippen LogP contribution in [0.25, 0.3) is 5.76 Å². The lowest BCUT2D eigenvalue weighted by atomic mass is 9.95. The van der Waals surface area contributed by atoms with Crippen molar-refractivity contribution in [1.82, 2.24) is 5.16 Å². The summed E-state index contributed by atoms with van der Waals surface area (Å²) in [7, 11) is 0. The van der Waals surface area contributed by atoms with E-state index >= 15 is 0 Å². The van der Waals surface area contributed by atoms with E-state index in [1.165, 1.54) is 30.3 Å². The molecule has 0 unspecified atom stereocenters. The van der Waals surface area contributed by atoms with Gasteiger partial charge in [-0.05, 0) is 31.5 Å². The van der Waals surface area contributed by atoms with Crippen LogP contribution in [0.2, 0.25) is 0 Å². The Labute approximate surface area is 165 Å². The molecule has 0 aliphatic carbocycles. The molecule has 1 aliphatic heterocycles. The molecule has 2 heterocycles. The normalized spacial score (nSPS) is 18.4. The van der Waals surface area contributed by atoms with Crippen molar-refractivity contribution in [2.45, 2.75) is 19.9 Å². The van der Waals surface area contributed by atoms with Crippen LogP contribution in [0.5, 0.6) is 0 Å². The quantitative estimate of drug-likeness (QED) is 0.413. The number of benzene rings is 2. The van der Waals surface area contributed by atoms with Crippen molar-refractivity contribution in [2.75, 3.05) is 4.90 Å². The molecule has 4 rings (SSSR count). The van der Waals surface area contributed by atoms with E-state index in [9.17, 15) is 19.1 Å². The minimum atomic E-state index is -0.971. The lowest BCUT2D eigenvalue weighted by molar-refractivity contribution is -0.132. The second-order valence-corrected chi connectivity index (χ2v) is 6.88. The molecule has 0 spiro atoms. The summed E-state index contributed by atoms with van der Waals surface area (Å²) in [6.45, 7) is 3.56. The van der Waals surface area contributed by atoms with Crippen LogP contribution < -0.4 is 4.90 Å². The number of ketones is 1. The number of aliphatic hydroxyl groups excluding tert-OH is 1. The van der Waals surface area contributed by atoms with Crippen molar-refractivity contribution in [2.24, 2.45) is 0 Å². The molecule has 7 heteroatoms. The Morgan fingerprint density at radius 1 is 1.07 bits per heavy atom. The van der Waals surface area contributed by atoms with Gasteiger partial charge in [-0.15, -0.1) is 0 Å². The summed E-state index contributed by atoms with van der Waals surface area (Å²) in [6, 6.07) is 12.9. The minimum absolute atomic E-state index is 0.0916. The highest BCUT2D eigenvalue weighted by atomic mass is 19.1. The van der Waals surface area contributed by atoms with E-state index in [-0.39, 0.29) is 17.2 Å². The lowest BCUT2D eigenvalue weighted by Gasteiger charge is -2.22. The highest BCUT2D eigenvalue weighted by molar-refractivity contribution is 6.51. The zero-order valence-electron chi connectivity index (χ0n) is 15.7. The van der Waals surface area contributed by atoms with Crippen molar-refractivity contribution < 1.29 is 23.6 Å². The molecule has 1 amide bonds. The van der Waals surface area contributed by atoms with Crippen LogP contribution in [-0.2, 0) is 9.59 Å². The van der Waals surface area contributed by atoms with Gasteiger partial charge in [0.15, 0.2) is 5.82 Å². The van der Waals surface area contributed by atoms with Gasteiger partial charge in [0.05, 0.1) is 11.6 Å². The van der Waals surface area contributed by atoms with Crippen molar-refractivity contribution >= 4 is 23.3 Å². The monoisotopic (exact) mass is 392 g/mol. The number of nitrogens with zero attached hydrogens (tertiary/aromatic N) is 2. The second-order valence-electron chi connectivity index (χ2n) is 6.88. The number of hydrogen-bond acceptors (Lipinski definition) is 5. The summed E-state index contributed by atoms with van der Waals surface area (Å²) >= 11 is 0. The van der Waals surface area contributed by atoms with E-state index in [0.717, 1.165) is 10.5 Å². The number of hydrogen-bond donors (Lipinski definition) is 1. The van der Waals surface area contributed by atoms with Crippen molar-refractivity contribution in [3.8, 4) is 0 Å². The number of carbonyl (C=O) groups excluding carboxylic acids is 2. The largest absolute Gasteiger partial charge is 0.507 e. The van der Waals surface area contributed by atoms with Gasteiger partial charge in [0, 0.05) is 11.6 Å². The van der Waals surface area contributed by atoms with E-state index < -0.39 is 23.5 Å². The number of anilines is 1. The molecule has 146 valence electrons. The number of Topliss-reactive ketones (excluding diaryl/α,β-unsaturated/α-hetero) is 1. The maximum absolute atomic E-state index is 13.5. The van der Waals surface area contributed by atoms with Gasteiger partial charge in [-0.25, -0.2) is 4.39 Å². The maximum Gasteiger partial charge on any atom is 0.301 e. The summed E-state index contributed by atoms with van der Waals surface area (Å²) < 4.78 is 18.5. The molecule has 1 aromatic heterocycles. The van der Waals surface area contributed by atoms with E-state index in [1.54, 1.807) is 31.2 Å². The summed E-state index contributed by atoms with van der Waals surface area (Å²) in [5, 5.41) is 14.8. The third-order valence-corrected chi connectivity index (χ3v) is 4.82. The molecule has 6 nitrogen and oxygen atoms in total. The Hall–Kier alpha value is -3.74. The van der Waals surface area contributed by atoms with E-state index in [1.807, 2.05) is 6.92 Å². The zero-order valence-corrected chi connectivity index (χ0v) is 15.7. The number of aliphatic hydroxyl groups is 1. The van der Waals surface area contributed by atoms with Crippen LogP contribution in [0.3, 0.4) is 0 Å². The van der Waals surface area contributed by atoms with Gasteiger partial charge in [0.1, 0.15) is 17.3 Å². The molecule has 2 aromatic carbocycles.